The summed E-state index contributed by atoms with van der Waals surface area (Å²) in [5.41, 5.74) is 0. The summed E-state index contributed by atoms with van der Waals surface area (Å²) in [5.74, 6) is 1.78. The predicted molar refractivity (Wildman–Crippen MR) is 130 cm³/mol. The van der Waals surface area contributed by atoms with E-state index in [4.69, 9.17) is 14.1 Å². The molecule has 1 aliphatic rings. The van der Waals surface area contributed by atoms with Gasteiger partial charge in [0.2, 0.25) is 0 Å². The third-order valence-corrected chi connectivity index (χ3v) is 6.01. The zero-order valence-electron chi connectivity index (χ0n) is 17.9. The quantitative estimate of drug-likeness (QED) is 0.299. The summed E-state index contributed by atoms with van der Waals surface area (Å²) in [7, 11) is 0. The van der Waals surface area contributed by atoms with Gasteiger partial charge in [-0.15, -0.1) is 24.0 Å². The van der Waals surface area contributed by atoms with Crippen molar-refractivity contribution >= 4 is 47.8 Å². The number of halogens is 1. The molecule has 2 rings (SSSR count). The van der Waals surface area contributed by atoms with Gasteiger partial charge in [-0.1, -0.05) is 0 Å². The summed E-state index contributed by atoms with van der Waals surface area (Å²) < 4.78 is 10.6. The highest BCUT2D eigenvalue weighted by molar-refractivity contribution is 14.0. The molecule has 7 nitrogen and oxygen atoms in total. The Morgan fingerprint density at radius 2 is 2.14 bits per heavy atom. The van der Waals surface area contributed by atoms with E-state index in [9.17, 15) is 4.79 Å². The lowest BCUT2D eigenvalue weighted by Crippen LogP contribution is -2.50. The number of ether oxygens (including phenoxy) is 1. The van der Waals surface area contributed by atoms with Crippen molar-refractivity contribution in [3.63, 3.8) is 0 Å². The fourth-order valence-corrected chi connectivity index (χ4v) is 3.05. The minimum atomic E-state index is -0.215. The zero-order chi connectivity index (χ0) is 20.4. The van der Waals surface area contributed by atoms with Crippen molar-refractivity contribution in [3.8, 4) is 0 Å². The van der Waals surface area contributed by atoms with Crippen molar-refractivity contribution in [2.75, 3.05) is 39.0 Å². The topological polar surface area (TPSA) is 79.1 Å². The van der Waals surface area contributed by atoms with Crippen molar-refractivity contribution in [2.45, 2.75) is 50.8 Å². The summed E-state index contributed by atoms with van der Waals surface area (Å²) in [6.07, 6.45) is 6.15. The Balaban J connectivity index is 0.00000420. The second kappa shape index (κ2) is 13.3. The van der Waals surface area contributed by atoms with Crippen LogP contribution in [0.4, 0.5) is 4.79 Å². The van der Waals surface area contributed by atoms with Gasteiger partial charge in [0.15, 0.2) is 5.96 Å². The van der Waals surface area contributed by atoms with Gasteiger partial charge in [0, 0.05) is 36.8 Å². The first-order valence-electron chi connectivity index (χ1n) is 9.97. The van der Waals surface area contributed by atoms with Crippen molar-refractivity contribution in [2.24, 2.45) is 4.99 Å². The van der Waals surface area contributed by atoms with Crippen LogP contribution in [0.15, 0.2) is 27.8 Å². The lowest BCUT2D eigenvalue weighted by atomic mass is 10.1. The van der Waals surface area contributed by atoms with Gasteiger partial charge in [0.05, 0.1) is 19.4 Å². The smallest absolute Gasteiger partial charge is 0.409 e. The van der Waals surface area contributed by atoms with E-state index in [2.05, 4.69) is 30.7 Å². The first kappa shape index (κ1) is 25.9. The first-order chi connectivity index (χ1) is 13.4. The molecule has 2 heterocycles. The first-order valence-corrected chi connectivity index (χ1v) is 11.2. The number of aliphatic imine (C=N–C) groups is 1. The molecule has 166 valence electrons. The van der Waals surface area contributed by atoms with Crippen molar-refractivity contribution < 1.29 is 13.9 Å². The maximum absolute atomic E-state index is 11.9. The van der Waals surface area contributed by atoms with Gasteiger partial charge in [0.1, 0.15) is 5.76 Å². The number of rotatable bonds is 8. The van der Waals surface area contributed by atoms with Crippen molar-refractivity contribution in [3.05, 3.63) is 24.2 Å². The molecule has 0 aromatic carbocycles. The summed E-state index contributed by atoms with van der Waals surface area (Å²) >= 11 is 1.81. The molecule has 1 aromatic heterocycles. The van der Waals surface area contributed by atoms with Gasteiger partial charge in [-0.25, -0.2) is 4.79 Å². The molecule has 1 aromatic rings. The van der Waals surface area contributed by atoms with E-state index in [1.807, 2.05) is 30.8 Å². The highest BCUT2D eigenvalue weighted by Gasteiger charge is 2.24. The van der Waals surface area contributed by atoms with Crippen LogP contribution in [0.2, 0.25) is 0 Å². The summed E-state index contributed by atoms with van der Waals surface area (Å²) in [6, 6.07) is 4.17. The number of nitrogens with zero attached hydrogens (tertiary/aromatic N) is 2. The monoisotopic (exact) mass is 538 g/mol. The van der Waals surface area contributed by atoms with Crippen molar-refractivity contribution in [1.82, 2.24) is 15.5 Å². The van der Waals surface area contributed by atoms with E-state index < -0.39 is 0 Å². The summed E-state index contributed by atoms with van der Waals surface area (Å²) in [4.78, 5) is 18.4. The normalized spacial score (nSPS) is 15.6. The van der Waals surface area contributed by atoms with E-state index >= 15 is 0 Å². The standard InChI is InChI=1S/C20H34N4O3S.HI/c1-5-26-19(25)24-12-9-16(10-13-24)23-18(22-15-20(2,3)28-4)21-11-8-17-7-6-14-27-17;/h6-7,14,16H,5,8-13,15H2,1-4H3,(H2,21,22,23);1H. The molecule has 2 N–H and O–H groups in total. The van der Waals surface area contributed by atoms with E-state index in [0.717, 1.165) is 44.1 Å². The summed E-state index contributed by atoms with van der Waals surface area (Å²) in [5, 5.41) is 6.97. The average molecular weight is 538 g/mol. The van der Waals surface area contributed by atoms with Crippen molar-refractivity contribution in [1.29, 1.82) is 0 Å². The average Bonchev–Trinajstić information content (AvgIpc) is 3.20. The minimum Gasteiger partial charge on any atom is -0.469 e. The Kier molecular flexibility index (Phi) is 11.9. The van der Waals surface area contributed by atoms with Gasteiger partial charge in [-0.05, 0) is 52.0 Å². The molecule has 0 aliphatic carbocycles. The molecule has 0 saturated carbocycles. The molecule has 0 spiro atoms. The molecule has 1 aliphatic heterocycles. The zero-order valence-corrected chi connectivity index (χ0v) is 21.0. The highest BCUT2D eigenvalue weighted by atomic mass is 127. The van der Waals surface area contributed by atoms with E-state index in [-0.39, 0.29) is 40.9 Å². The van der Waals surface area contributed by atoms with Gasteiger partial charge >= 0.3 is 6.09 Å². The largest absolute Gasteiger partial charge is 0.469 e. The molecule has 1 amide bonds. The van der Waals surface area contributed by atoms with Crippen LogP contribution in [-0.4, -0.2) is 66.8 Å². The van der Waals surface area contributed by atoms with Crippen LogP contribution in [0.25, 0.3) is 0 Å². The Morgan fingerprint density at radius 3 is 2.72 bits per heavy atom. The van der Waals surface area contributed by atoms with Gasteiger partial charge in [-0.3, -0.25) is 4.99 Å². The van der Waals surface area contributed by atoms with Gasteiger partial charge < -0.3 is 24.7 Å². The van der Waals surface area contributed by atoms with Crippen LogP contribution in [0, 0.1) is 0 Å². The number of carbonyl (C=O) groups excluding carboxylic acids is 1. The maximum atomic E-state index is 11.9. The number of likely N-dealkylation sites (tertiary alicyclic amines) is 1. The number of nitrogens with one attached hydrogen (secondary N) is 2. The Hall–Kier alpha value is -1.10. The number of guanidine groups is 1. The maximum Gasteiger partial charge on any atom is 0.409 e. The molecule has 0 bridgehead atoms. The second-order valence-electron chi connectivity index (χ2n) is 7.49. The fraction of sp³-hybridized carbons (Fsp3) is 0.700. The van der Waals surface area contributed by atoms with E-state index in [1.54, 1.807) is 11.2 Å². The van der Waals surface area contributed by atoms with E-state index in [1.165, 1.54) is 0 Å². The van der Waals surface area contributed by atoms with Crippen LogP contribution < -0.4 is 10.6 Å². The lowest BCUT2D eigenvalue weighted by Gasteiger charge is -2.32. The van der Waals surface area contributed by atoms with Crippen LogP contribution in [0.1, 0.15) is 39.4 Å². The molecule has 0 atom stereocenters. The number of thioether (sulfide) groups is 1. The lowest BCUT2D eigenvalue weighted by molar-refractivity contribution is 0.0963. The molecule has 1 saturated heterocycles. The predicted octanol–water partition coefficient (Wildman–Crippen LogP) is 3.74. The van der Waals surface area contributed by atoms with Gasteiger partial charge in [0.25, 0.3) is 0 Å². The Bertz CT molecular complexity index is 617. The highest BCUT2D eigenvalue weighted by Crippen LogP contribution is 2.21. The number of piperidine rings is 1. The molecule has 0 unspecified atom stereocenters. The number of amides is 1. The third kappa shape index (κ3) is 9.50. The van der Waals surface area contributed by atoms with Crippen LogP contribution in [0.5, 0.6) is 0 Å². The molecule has 1 fully saturated rings. The number of hydrogen-bond donors (Lipinski definition) is 2. The summed E-state index contributed by atoms with van der Waals surface area (Å²) in [6.45, 7) is 9.52. The fourth-order valence-electron chi connectivity index (χ4n) is 2.86. The molecular weight excluding hydrogens is 503 g/mol. The third-order valence-electron chi connectivity index (χ3n) is 4.78. The molecule has 9 heteroatoms. The number of hydrogen-bond acceptors (Lipinski definition) is 5. The Morgan fingerprint density at radius 1 is 1.41 bits per heavy atom. The van der Waals surface area contributed by atoms with Crippen LogP contribution in [0.3, 0.4) is 0 Å². The van der Waals surface area contributed by atoms with Crippen LogP contribution >= 0.6 is 35.7 Å². The molecular formula is C20H35IN4O3S. The SMILES string of the molecule is CCOC(=O)N1CCC(NC(=NCC(C)(C)SC)NCCc2ccco2)CC1.I. The van der Waals surface area contributed by atoms with E-state index in [0.29, 0.717) is 19.7 Å². The molecule has 29 heavy (non-hydrogen) atoms. The number of carbonyl (C=O) groups is 1. The van der Waals surface area contributed by atoms with Crippen LogP contribution in [-0.2, 0) is 11.2 Å². The Labute approximate surface area is 195 Å². The molecule has 0 radical (unpaired) electrons. The van der Waals surface area contributed by atoms with Gasteiger partial charge in [-0.2, -0.15) is 11.8 Å². The minimum absolute atomic E-state index is 0. The number of furan rings is 1. The second-order valence-corrected chi connectivity index (χ2v) is 9.00.